The maximum atomic E-state index is 12.4. The molecule has 128 valence electrons. The molecule has 1 atom stereocenters. The van der Waals surface area contributed by atoms with E-state index in [-0.39, 0.29) is 18.1 Å². The summed E-state index contributed by atoms with van der Waals surface area (Å²) in [5, 5.41) is 8.14. The number of benzene rings is 1. The number of rotatable bonds is 4. The number of nitrogens with zero attached hydrogens (tertiary/aromatic N) is 3. The predicted octanol–water partition coefficient (Wildman–Crippen LogP) is 2.75. The second-order valence-corrected chi connectivity index (χ2v) is 6.58. The molecule has 3 heterocycles. The smallest absolute Gasteiger partial charge is 0.253 e. The minimum Gasteiger partial charge on any atom is -0.488 e. The highest BCUT2D eigenvalue weighted by Gasteiger charge is 2.23. The first kappa shape index (κ1) is 15.6. The molecule has 6 heteroatoms. The molecule has 0 aliphatic carbocycles. The number of hydrogen-bond donors (Lipinski definition) is 1. The number of pyridine rings is 1. The van der Waals surface area contributed by atoms with Gasteiger partial charge in [-0.2, -0.15) is 5.10 Å². The third-order valence-electron chi connectivity index (χ3n) is 4.39. The minimum absolute atomic E-state index is 0.0262. The zero-order valence-corrected chi connectivity index (χ0v) is 14.3. The van der Waals surface area contributed by atoms with Gasteiger partial charge in [-0.1, -0.05) is 18.2 Å². The van der Waals surface area contributed by atoms with Crippen LogP contribution >= 0.6 is 0 Å². The second-order valence-electron chi connectivity index (χ2n) is 6.58. The molecule has 1 aliphatic heterocycles. The highest BCUT2D eigenvalue weighted by atomic mass is 16.5. The van der Waals surface area contributed by atoms with E-state index >= 15 is 0 Å². The molecular formula is C19H20N4O2. The number of para-hydroxylation sites is 1. The molecule has 4 rings (SSSR count). The number of aromatic nitrogens is 3. The van der Waals surface area contributed by atoms with Crippen LogP contribution in [0.5, 0.6) is 5.75 Å². The van der Waals surface area contributed by atoms with Crippen molar-refractivity contribution in [3.63, 3.8) is 0 Å². The highest BCUT2D eigenvalue weighted by Crippen LogP contribution is 2.27. The number of nitrogens with one attached hydrogen (secondary N) is 1. The average Bonchev–Trinajstić information content (AvgIpc) is 3.22. The summed E-state index contributed by atoms with van der Waals surface area (Å²) in [5.74, 6) is 0.761. The van der Waals surface area contributed by atoms with E-state index in [0.717, 1.165) is 23.2 Å². The number of carbonyl (C=O) groups is 1. The number of amides is 1. The molecule has 1 aromatic carbocycles. The SMILES string of the molecule is CC(C)n1ncc2cc(C(=O)NC[C@H]3Cc4ccccc4O3)cnc21. The molecule has 1 aliphatic rings. The molecule has 0 unspecified atom stereocenters. The normalized spacial score (nSPS) is 16.0. The van der Waals surface area contributed by atoms with E-state index in [2.05, 4.69) is 21.5 Å². The third-order valence-corrected chi connectivity index (χ3v) is 4.39. The summed E-state index contributed by atoms with van der Waals surface area (Å²) in [5.41, 5.74) is 2.51. The van der Waals surface area contributed by atoms with Gasteiger partial charge in [-0.05, 0) is 31.5 Å². The molecule has 3 aromatic rings. The van der Waals surface area contributed by atoms with Crippen LogP contribution in [0.4, 0.5) is 0 Å². The van der Waals surface area contributed by atoms with Crippen LogP contribution in [0.15, 0.2) is 42.7 Å². The Labute approximate surface area is 145 Å². The molecule has 0 radical (unpaired) electrons. The van der Waals surface area contributed by atoms with E-state index in [0.29, 0.717) is 12.1 Å². The number of fused-ring (bicyclic) bond motifs is 2. The summed E-state index contributed by atoms with van der Waals surface area (Å²) in [7, 11) is 0. The van der Waals surface area contributed by atoms with E-state index in [4.69, 9.17) is 4.74 Å². The lowest BCUT2D eigenvalue weighted by Gasteiger charge is -2.12. The first-order valence-electron chi connectivity index (χ1n) is 8.48. The van der Waals surface area contributed by atoms with Crippen molar-refractivity contribution >= 4 is 16.9 Å². The quantitative estimate of drug-likeness (QED) is 0.795. The summed E-state index contributed by atoms with van der Waals surface area (Å²) in [4.78, 5) is 16.8. The van der Waals surface area contributed by atoms with Gasteiger partial charge in [-0.25, -0.2) is 9.67 Å². The van der Waals surface area contributed by atoms with Crippen molar-refractivity contribution in [3.8, 4) is 5.75 Å². The van der Waals surface area contributed by atoms with Crippen LogP contribution < -0.4 is 10.1 Å². The zero-order chi connectivity index (χ0) is 17.4. The van der Waals surface area contributed by atoms with Crippen molar-refractivity contribution in [2.24, 2.45) is 0 Å². The number of hydrogen-bond acceptors (Lipinski definition) is 4. The molecule has 0 spiro atoms. The molecular weight excluding hydrogens is 316 g/mol. The van der Waals surface area contributed by atoms with Crippen molar-refractivity contribution in [2.75, 3.05) is 6.54 Å². The van der Waals surface area contributed by atoms with Crippen LogP contribution in [0.3, 0.4) is 0 Å². The van der Waals surface area contributed by atoms with Gasteiger partial charge in [-0.3, -0.25) is 4.79 Å². The Kier molecular flexibility index (Phi) is 3.87. The molecule has 1 N–H and O–H groups in total. The van der Waals surface area contributed by atoms with Crippen LogP contribution in [0.1, 0.15) is 35.8 Å². The highest BCUT2D eigenvalue weighted by molar-refractivity contribution is 5.96. The van der Waals surface area contributed by atoms with Gasteiger partial charge < -0.3 is 10.1 Å². The molecule has 25 heavy (non-hydrogen) atoms. The Morgan fingerprint density at radius 1 is 1.36 bits per heavy atom. The number of ether oxygens (including phenoxy) is 1. The second kappa shape index (κ2) is 6.20. The predicted molar refractivity (Wildman–Crippen MR) is 94.8 cm³/mol. The maximum absolute atomic E-state index is 12.4. The summed E-state index contributed by atoms with van der Waals surface area (Å²) >= 11 is 0. The van der Waals surface area contributed by atoms with Gasteiger partial charge in [0.15, 0.2) is 5.65 Å². The molecule has 1 amide bonds. The van der Waals surface area contributed by atoms with Gasteiger partial charge in [0.2, 0.25) is 0 Å². The number of carbonyl (C=O) groups excluding carboxylic acids is 1. The van der Waals surface area contributed by atoms with Gasteiger partial charge in [0.25, 0.3) is 5.91 Å². The standard InChI is InChI=1S/C19H20N4O2/c1-12(2)23-18-14(10-22-23)7-15(9-20-18)19(24)21-11-16-8-13-5-3-4-6-17(13)25-16/h3-7,9-10,12,16H,8,11H2,1-2H3,(H,21,24)/t16-/m1/s1. The zero-order valence-electron chi connectivity index (χ0n) is 14.3. The molecule has 0 bridgehead atoms. The Morgan fingerprint density at radius 2 is 2.20 bits per heavy atom. The summed E-state index contributed by atoms with van der Waals surface area (Å²) in [6.45, 7) is 4.57. The molecule has 0 fully saturated rings. The van der Waals surface area contributed by atoms with E-state index in [1.165, 1.54) is 5.56 Å². The van der Waals surface area contributed by atoms with Crippen molar-refractivity contribution in [1.29, 1.82) is 0 Å². The summed E-state index contributed by atoms with van der Waals surface area (Å²) in [6, 6.07) is 10.0. The van der Waals surface area contributed by atoms with Crippen LogP contribution in [0.25, 0.3) is 11.0 Å². The van der Waals surface area contributed by atoms with Crippen LogP contribution in [-0.4, -0.2) is 33.3 Å². The molecule has 6 nitrogen and oxygen atoms in total. The lowest BCUT2D eigenvalue weighted by atomic mass is 10.1. The van der Waals surface area contributed by atoms with Crippen molar-refractivity contribution in [1.82, 2.24) is 20.1 Å². The Morgan fingerprint density at radius 3 is 3.00 bits per heavy atom. The fourth-order valence-corrected chi connectivity index (χ4v) is 3.12. The van der Waals surface area contributed by atoms with Gasteiger partial charge in [0, 0.05) is 24.0 Å². The van der Waals surface area contributed by atoms with E-state index < -0.39 is 0 Å². The Hall–Kier alpha value is -2.89. The third kappa shape index (κ3) is 2.95. The lowest BCUT2D eigenvalue weighted by molar-refractivity contribution is 0.0933. The van der Waals surface area contributed by atoms with Crippen LogP contribution in [0, 0.1) is 0 Å². The van der Waals surface area contributed by atoms with Crippen molar-refractivity contribution in [3.05, 3.63) is 53.9 Å². The first-order valence-corrected chi connectivity index (χ1v) is 8.48. The first-order chi connectivity index (χ1) is 12.1. The maximum Gasteiger partial charge on any atom is 0.253 e. The molecule has 0 saturated heterocycles. The van der Waals surface area contributed by atoms with Gasteiger partial charge >= 0.3 is 0 Å². The van der Waals surface area contributed by atoms with Gasteiger partial charge in [0.1, 0.15) is 11.9 Å². The average molecular weight is 336 g/mol. The summed E-state index contributed by atoms with van der Waals surface area (Å²) in [6.07, 6.45) is 4.13. The van der Waals surface area contributed by atoms with Crippen LogP contribution in [-0.2, 0) is 6.42 Å². The van der Waals surface area contributed by atoms with Crippen molar-refractivity contribution < 1.29 is 9.53 Å². The fraction of sp³-hybridized carbons (Fsp3) is 0.316. The lowest BCUT2D eigenvalue weighted by Crippen LogP contribution is -2.34. The van der Waals surface area contributed by atoms with E-state index in [1.54, 1.807) is 12.4 Å². The Balaban J connectivity index is 1.43. The van der Waals surface area contributed by atoms with E-state index in [1.807, 2.05) is 42.8 Å². The minimum atomic E-state index is -0.147. The van der Waals surface area contributed by atoms with Gasteiger partial charge in [0.05, 0.1) is 18.3 Å². The largest absolute Gasteiger partial charge is 0.488 e. The monoisotopic (exact) mass is 336 g/mol. The molecule has 0 saturated carbocycles. The fourth-order valence-electron chi connectivity index (χ4n) is 3.12. The topological polar surface area (TPSA) is 69.0 Å². The van der Waals surface area contributed by atoms with Crippen LogP contribution in [0.2, 0.25) is 0 Å². The Bertz CT molecular complexity index is 907. The van der Waals surface area contributed by atoms with Crippen molar-refractivity contribution in [2.45, 2.75) is 32.4 Å². The van der Waals surface area contributed by atoms with Gasteiger partial charge in [-0.15, -0.1) is 0 Å². The van der Waals surface area contributed by atoms with E-state index in [9.17, 15) is 4.79 Å². The molecule has 2 aromatic heterocycles. The summed E-state index contributed by atoms with van der Waals surface area (Å²) < 4.78 is 7.70.